The molecular weight excluding hydrogens is 340 g/mol. The van der Waals surface area contributed by atoms with Crippen molar-refractivity contribution in [1.29, 1.82) is 0 Å². The van der Waals surface area contributed by atoms with Crippen molar-refractivity contribution in [1.82, 2.24) is 0 Å². The van der Waals surface area contributed by atoms with Crippen LogP contribution >= 0.6 is 0 Å². The van der Waals surface area contributed by atoms with Gasteiger partial charge in [-0.15, -0.1) is 0 Å². The van der Waals surface area contributed by atoms with Gasteiger partial charge in [0.25, 0.3) is 0 Å². The summed E-state index contributed by atoms with van der Waals surface area (Å²) < 4.78 is 21.4. The Balaban J connectivity index is 1.94. The van der Waals surface area contributed by atoms with E-state index >= 15 is 0 Å². The van der Waals surface area contributed by atoms with Crippen molar-refractivity contribution in [2.45, 2.75) is 75.1 Å². The predicted octanol–water partition coefficient (Wildman–Crippen LogP) is -2.93. The van der Waals surface area contributed by atoms with Gasteiger partial charge < -0.3 is 49.6 Å². The lowest BCUT2D eigenvalue weighted by molar-refractivity contribution is -0.317. The van der Waals surface area contributed by atoms with Crippen LogP contribution in [0.2, 0.25) is 0 Å². The van der Waals surface area contributed by atoms with Crippen molar-refractivity contribution < 1.29 is 49.6 Å². The molecule has 0 aromatic carbocycles. The lowest BCUT2D eigenvalue weighted by Crippen LogP contribution is -2.60. The van der Waals surface area contributed by atoms with Crippen molar-refractivity contribution in [2.24, 2.45) is 0 Å². The summed E-state index contributed by atoms with van der Waals surface area (Å²) in [5.41, 5.74) is -1.82. The normalized spacial score (nSPS) is 46.3. The van der Waals surface area contributed by atoms with Gasteiger partial charge in [0.15, 0.2) is 12.6 Å². The predicted molar refractivity (Wildman–Crippen MR) is 81.3 cm³/mol. The summed E-state index contributed by atoms with van der Waals surface area (Å²) in [6, 6.07) is 0. The highest BCUT2D eigenvalue weighted by atomic mass is 16.7. The molecular formula is C15H28O10. The number of aliphatic hydroxyl groups excluding tert-OH is 5. The van der Waals surface area contributed by atoms with Gasteiger partial charge in [-0.2, -0.15) is 0 Å². The van der Waals surface area contributed by atoms with E-state index in [9.17, 15) is 25.5 Å². The van der Waals surface area contributed by atoms with Gasteiger partial charge in [0.2, 0.25) is 0 Å². The van der Waals surface area contributed by atoms with Crippen LogP contribution in [0.1, 0.15) is 20.3 Å². The molecule has 2 fully saturated rings. The molecule has 148 valence electrons. The molecule has 0 saturated carbocycles. The fourth-order valence-corrected chi connectivity index (χ4v) is 2.62. The van der Waals surface area contributed by atoms with Crippen molar-refractivity contribution in [3.05, 3.63) is 0 Å². The molecule has 0 spiro atoms. The number of rotatable bonds is 7. The summed E-state index contributed by atoms with van der Waals surface area (Å²) in [7, 11) is 0. The maximum absolute atomic E-state index is 10.0. The first-order valence-electron chi connectivity index (χ1n) is 8.33. The molecule has 2 aliphatic rings. The minimum atomic E-state index is -1.82. The molecule has 0 radical (unpaired) electrons. The van der Waals surface area contributed by atoms with Gasteiger partial charge >= 0.3 is 0 Å². The van der Waals surface area contributed by atoms with Gasteiger partial charge in [0, 0.05) is 0 Å². The molecule has 2 rings (SSSR count). The van der Waals surface area contributed by atoms with Crippen molar-refractivity contribution >= 4 is 0 Å². The van der Waals surface area contributed by atoms with Crippen LogP contribution in [0, 0.1) is 0 Å². The van der Waals surface area contributed by atoms with Crippen LogP contribution in [0.4, 0.5) is 0 Å². The lowest BCUT2D eigenvalue weighted by Gasteiger charge is -2.41. The molecule has 2 heterocycles. The largest absolute Gasteiger partial charge is 0.393 e. The van der Waals surface area contributed by atoms with E-state index in [-0.39, 0.29) is 19.3 Å². The Morgan fingerprint density at radius 2 is 1.80 bits per heavy atom. The summed E-state index contributed by atoms with van der Waals surface area (Å²) in [5, 5.41) is 58.9. The van der Waals surface area contributed by atoms with Gasteiger partial charge in [0.1, 0.15) is 36.1 Å². The van der Waals surface area contributed by atoms with Gasteiger partial charge in [-0.25, -0.2) is 0 Å². The van der Waals surface area contributed by atoms with E-state index < -0.39 is 55.3 Å². The molecule has 0 amide bonds. The zero-order valence-electron chi connectivity index (χ0n) is 14.3. The van der Waals surface area contributed by atoms with E-state index in [0.29, 0.717) is 6.42 Å². The third kappa shape index (κ3) is 4.48. The van der Waals surface area contributed by atoms with Crippen LogP contribution < -0.4 is 0 Å². The summed E-state index contributed by atoms with van der Waals surface area (Å²) in [6.45, 7) is 2.34. The topological polar surface area (TPSA) is 158 Å². The Bertz CT molecular complexity index is 423. The Morgan fingerprint density at radius 1 is 1.12 bits per heavy atom. The Hall–Kier alpha value is -0.400. The highest BCUT2D eigenvalue weighted by molar-refractivity contribution is 4.94. The third-order valence-electron chi connectivity index (χ3n) is 4.61. The van der Waals surface area contributed by atoms with Crippen molar-refractivity contribution in [3.63, 3.8) is 0 Å². The smallest absolute Gasteiger partial charge is 0.186 e. The highest BCUT2D eigenvalue weighted by Crippen LogP contribution is 2.28. The minimum absolute atomic E-state index is 0.233. The average molecular weight is 368 g/mol. The maximum atomic E-state index is 10.0. The first-order chi connectivity index (χ1) is 11.7. The SMILES string of the molecule is CCC(C)O[C@@H]1O[C@H](CO[C@@H]2OC[C@](O)(CO)[C@H]2O)[C@@H](O)[C@H](O)[C@H]1O. The van der Waals surface area contributed by atoms with E-state index in [1.165, 1.54) is 0 Å². The van der Waals surface area contributed by atoms with E-state index in [0.717, 1.165) is 0 Å². The van der Waals surface area contributed by atoms with Gasteiger partial charge in [-0.1, -0.05) is 6.92 Å². The molecule has 0 bridgehead atoms. The zero-order chi connectivity index (χ0) is 18.8. The van der Waals surface area contributed by atoms with E-state index in [4.69, 9.17) is 24.1 Å². The molecule has 2 saturated heterocycles. The van der Waals surface area contributed by atoms with Crippen LogP contribution in [-0.2, 0) is 18.9 Å². The second kappa shape index (κ2) is 8.53. The van der Waals surface area contributed by atoms with Crippen molar-refractivity contribution in [3.8, 4) is 0 Å². The van der Waals surface area contributed by atoms with Crippen LogP contribution in [0.3, 0.4) is 0 Å². The average Bonchev–Trinajstić information content (AvgIpc) is 2.89. The van der Waals surface area contributed by atoms with E-state index in [2.05, 4.69) is 0 Å². The van der Waals surface area contributed by atoms with Gasteiger partial charge in [-0.05, 0) is 13.3 Å². The molecule has 0 aliphatic carbocycles. The molecule has 25 heavy (non-hydrogen) atoms. The first-order valence-corrected chi connectivity index (χ1v) is 8.33. The molecule has 0 aromatic heterocycles. The molecule has 0 aromatic rings. The molecule has 10 nitrogen and oxygen atoms in total. The standard InChI is InChI=1S/C15H28O10/c1-3-7(2)24-13-11(19)10(18)9(17)8(25-13)4-22-14-12(20)15(21,5-16)6-23-14/h7-14,16-21H,3-6H2,1-2H3/t7?,8-,9-,10+,11-,12+,13-,14-,15-/m1/s1. The van der Waals surface area contributed by atoms with Crippen LogP contribution in [0.25, 0.3) is 0 Å². The molecule has 10 heteroatoms. The highest BCUT2D eigenvalue weighted by Gasteiger charge is 2.50. The second-order valence-electron chi connectivity index (χ2n) is 6.59. The number of aliphatic hydroxyl groups is 6. The Kier molecular flexibility index (Phi) is 7.13. The molecule has 9 atom stereocenters. The summed E-state index contributed by atoms with van der Waals surface area (Å²) in [4.78, 5) is 0. The van der Waals surface area contributed by atoms with Gasteiger partial charge in [0.05, 0.1) is 25.9 Å². The maximum Gasteiger partial charge on any atom is 0.186 e. The zero-order valence-corrected chi connectivity index (χ0v) is 14.3. The minimum Gasteiger partial charge on any atom is -0.393 e. The summed E-state index contributed by atoms with van der Waals surface area (Å²) in [5.74, 6) is 0. The van der Waals surface area contributed by atoms with Crippen LogP contribution in [-0.4, -0.2) is 105 Å². The summed E-state index contributed by atoms with van der Waals surface area (Å²) >= 11 is 0. The van der Waals surface area contributed by atoms with Gasteiger partial charge in [-0.3, -0.25) is 0 Å². The second-order valence-corrected chi connectivity index (χ2v) is 6.59. The number of hydrogen-bond acceptors (Lipinski definition) is 10. The first kappa shape index (κ1) is 20.9. The fraction of sp³-hybridized carbons (Fsp3) is 1.00. The van der Waals surface area contributed by atoms with Crippen LogP contribution in [0.5, 0.6) is 0 Å². The molecule has 6 N–H and O–H groups in total. The Labute approximate surface area is 145 Å². The summed E-state index contributed by atoms with van der Waals surface area (Å²) in [6.07, 6.45) is -8.85. The lowest BCUT2D eigenvalue weighted by atomic mass is 9.99. The monoisotopic (exact) mass is 368 g/mol. The third-order valence-corrected chi connectivity index (χ3v) is 4.61. The number of hydrogen-bond donors (Lipinski definition) is 6. The van der Waals surface area contributed by atoms with Crippen LogP contribution in [0.15, 0.2) is 0 Å². The molecule has 1 unspecified atom stereocenters. The van der Waals surface area contributed by atoms with E-state index in [1.54, 1.807) is 6.92 Å². The Morgan fingerprint density at radius 3 is 2.36 bits per heavy atom. The quantitative estimate of drug-likeness (QED) is 0.275. The fourth-order valence-electron chi connectivity index (χ4n) is 2.62. The van der Waals surface area contributed by atoms with E-state index in [1.807, 2.05) is 6.92 Å². The van der Waals surface area contributed by atoms with Crippen molar-refractivity contribution in [2.75, 3.05) is 19.8 Å². The molecule has 2 aliphatic heterocycles. The number of ether oxygens (including phenoxy) is 4.